The van der Waals surface area contributed by atoms with Crippen LogP contribution in [-0.4, -0.2) is 17.0 Å². The van der Waals surface area contributed by atoms with Gasteiger partial charge in [-0.3, -0.25) is 4.79 Å². The van der Waals surface area contributed by atoms with Crippen molar-refractivity contribution in [2.24, 2.45) is 0 Å². The van der Waals surface area contributed by atoms with Crippen LogP contribution < -0.4 is 0 Å². The number of carbonyl (C=O) groups excluding carboxylic acids is 1. The predicted octanol–water partition coefficient (Wildman–Crippen LogP) is 2.58. The second kappa shape index (κ2) is 5.80. The number of aliphatic hydroxyl groups excluding tert-OH is 1. The van der Waals surface area contributed by atoms with E-state index in [0.29, 0.717) is 12.8 Å². The molecule has 0 fully saturated rings. The van der Waals surface area contributed by atoms with Crippen molar-refractivity contribution < 1.29 is 9.90 Å². The highest BCUT2D eigenvalue weighted by atomic mass is 16.3. The summed E-state index contributed by atoms with van der Waals surface area (Å²) in [5.74, 6) is -0.0701. The van der Waals surface area contributed by atoms with Gasteiger partial charge in [-0.1, -0.05) is 31.5 Å². The van der Waals surface area contributed by atoms with Crippen molar-refractivity contribution in [3.05, 3.63) is 34.9 Å². The number of aryl methyl sites for hydroxylation is 2. The molecule has 88 valence electrons. The minimum atomic E-state index is -0.802. The van der Waals surface area contributed by atoms with Crippen LogP contribution in [0.25, 0.3) is 0 Å². The second-order valence-corrected chi connectivity index (χ2v) is 4.32. The van der Waals surface area contributed by atoms with Crippen LogP contribution in [0.2, 0.25) is 0 Å². The van der Waals surface area contributed by atoms with Gasteiger partial charge >= 0.3 is 0 Å². The number of hydrogen-bond donors (Lipinski definition) is 1. The van der Waals surface area contributed by atoms with Crippen LogP contribution in [-0.2, 0) is 11.2 Å². The molecule has 2 heteroatoms. The lowest BCUT2D eigenvalue weighted by Gasteiger charge is -2.12. The van der Waals surface area contributed by atoms with Gasteiger partial charge in [-0.05, 0) is 37.0 Å². The largest absolute Gasteiger partial charge is 0.385 e. The van der Waals surface area contributed by atoms with Crippen molar-refractivity contribution in [1.29, 1.82) is 0 Å². The molecule has 0 aliphatic rings. The fraction of sp³-hybridized carbons (Fsp3) is 0.500. The van der Waals surface area contributed by atoms with Crippen molar-refractivity contribution in [2.45, 2.75) is 46.1 Å². The van der Waals surface area contributed by atoms with Crippen LogP contribution in [0.15, 0.2) is 18.2 Å². The van der Waals surface area contributed by atoms with Gasteiger partial charge in [0.1, 0.15) is 6.10 Å². The Balaban J connectivity index is 2.77. The smallest absolute Gasteiger partial charge is 0.165 e. The number of ketones is 1. The number of hydrogen-bond acceptors (Lipinski definition) is 2. The molecule has 2 nitrogen and oxygen atoms in total. The zero-order valence-corrected chi connectivity index (χ0v) is 10.3. The highest BCUT2D eigenvalue weighted by molar-refractivity contribution is 5.85. The van der Waals surface area contributed by atoms with Crippen molar-refractivity contribution >= 4 is 5.78 Å². The SMILES string of the molecule is CCCC(O)C(=O)Cc1c(C)cccc1C. The lowest BCUT2D eigenvalue weighted by molar-refractivity contribution is -0.126. The van der Waals surface area contributed by atoms with E-state index in [1.807, 2.05) is 39.0 Å². The minimum Gasteiger partial charge on any atom is -0.385 e. The van der Waals surface area contributed by atoms with E-state index in [1.54, 1.807) is 0 Å². The van der Waals surface area contributed by atoms with Gasteiger partial charge in [0.15, 0.2) is 5.78 Å². The van der Waals surface area contributed by atoms with Gasteiger partial charge in [-0.2, -0.15) is 0 Å². The summed E-state index contributed by atoms with van der Waals surface area (Å²) in [6.45, 7) is 5.97. The Bertz CT molecular complexity index is 349. The van der Waals surface area contributed by atoms with Crippen LogP contribution in [0.3, 0.4) is 0 Å². The van der Waals surface area contributed by atoms with Gasteiger partial charge < -0.3 is 5.11 Å². The molecule has 0 radical (unpaired) electrons. The standard InChI is InChI=1S/C14H20O2/c1-4-6-13(15)14(16)9-12-10(2)7-5-8-11(12)3/h5,7-8,13,15H,4,6,9H2,1-3H3. The normalized spacial score (nSPS) is 12.5. The third kappa shape index (κ3) is 3.17. The van der Waals surface area contributed by atoms with Gasteiger partial charge in [0.05, 0.1) is 0 Å². The molecule has 0 aliphatic heterocycles. The molecule has 1 aromatic carbocycles. The van der Waals surface area contributed by atoms with E-state index in [1.165, 1.54) is 0 Å². The monoisotopic (exact) mass is 220 g/mol. The molecule has 0 amide bonds. The molecule has 16 heavy (non-hydrogen) atoms. The molecule has 0 saturated heterocycles. The lowest BCUT2D eigenvalue weighted by Crippen LogP contribution is -2.22. The maximum Gasteiger partial charge on any atom is 0.165 e. The third-order valence-corrected chi connectivity index (χ3v) is 2.93. The Hall–Kier alpha value is -1.15. The number of aliphatic hydroxyl groups is 1. The number of carbonyl (C=O) groups is 1. The molecule has 0 heterocycles. The summed E-state index contributed by atoms with van der Waals surface area (Å²) in [4.78, 5) is 11.8. The highest BCUT2D eigenvalue weighted by Crippen LogP contribution is 2.15. The highest BCUT2D eigenvalue weighted by Gasteiger charge is 2.16. The Morgan fingerprint density at radius 2 is 1.88 bits per heavy atom. The van der Waals surface area contributed by atoms with E-state index >= 15 is 0 Å². The third-order valence-electron chi connectivity index (χ3n) is 2.93. The Morgan fingerprint density at radius 1 is 1.31 bits per heavy atom. The van der Waals surface area contributed by atoms with Crippen LogP contribution in [0.4, 0.5) is 0 Å². The molecule has 1 atom stereocenters. The van der Waals surface area contributed by atoms with Crippen molar-refractivity contribution in [2.75, 3.05) is 0 Å². The van der Waals surface area contributed by atoms with Crippen molar-refractivity contribution in [3.8, 4) is 0 Å². The van der Waals surface area contributed by atoms with E-state index in [0.717, 1.165) is 23.1 Å². The average Bonchev–Trinajstić information content (AvgIpc) is 2.23. The molecule has 0 saturated carbocycles. The summed E-state index contributed by atoms with van der Waals surface area (Å²) in [6, 6.07) is 5.99. The second-order valence-electron chi connectivity index (χ2n) is 4.32. The van der Waals surface area contributed by atoms with Crippen LogP contribution >= 0.6 is 0 Å². The summed E-state index contributed by atoms with van der Waals surface area (Å²) in [6.07, 6.45) is 0.937. The Kier molecular flexibility index (Phi) is 4.69. The van der Waals surface area contributed by atoms with Crippen LogP contribution in [0, 0.1) is 13.8 Å². The predicted molar refractivity (Wildman–Crippen MR) is 65.5 cm³/mol. The zero-order valence-electron chi connectivity index (χ0n) is 10.3. The summed E-state index contributed by atoms with van der Waals surface area (Å²) in [5, 5.41) is 9.61. The van der Waals surface area contributed by atoms with E-state index in [9.17, 15) is 9.90 Å². The van der Waals surface area contributed by atoms with E-state index < -0.39 is 6.10 Å². The summed E-state index contributed by atoms with van der Waals surface area (Å²) in [5.41, 5.74) is 3.30. The number of Topliss-reactive ketones (excluding diaryl/α,β-unsaturated/α-hetero) is 1. The van der Waals surface area contributed by atoms with Gasteiger partial charge in [0.2, 0.25) is 0 Å². The van der Waals surface area contributed by atoms with Crippen molar-refractivity contribution in [1.82, 2.24) is 0 Å². The molecular weight excluding hydrogens is 200 g/mol. The van der Waals surface area contributed by atoms with E-state index in [4.69, 9.17) is 0 Å². The lowest BCUT2D eigenvalue weighted by atomic mass is 9.95. The molecule has 1 unspecified atom stereocenters. The fourth-order valence-corrected chi connectivity index (χ4v) is 1.85. The fourth-order valence-electron chi connectivity index (χ4n) is 1.85. The maximum atomic E-state index is 11.8. The summed E-state index contributed by atoms with van der Waals surface area (Å²) < 4.78 is 0. The molecule has 0 bridgehead atoms. The van der Waals surface area contributed by atoms with Gasteiger partial charge in [0, 0.05) is 6.42 Å². The van der Waals surface area contributed by atoms with Gasteiger partial charge in [0.25, 0.3) is 0 Å². The minimum absolute atomic E-state index is 0.0701. The molecule has 1 rings (SSSR count). The maximum absolute atomic E-state index is 11.8. The molecule has 0 aliphatic carbocycles. The van der Waals surface area contributed by atoms with Crippen LogP contribution in [0.5, 0.6) is 0 Å². The topological polar surface area (TPSA) is 37.3 Å². The van der Waals surface area contributed by atoms with E-state index in [2.05, 4.69) is 0 Å². The number of benzene rings is 1. The quantitative estimate of drug-likeness (QED) is 0.828. The molecular formula is C14H20O2. The summed E-state index contributed by atoms with van der Waals surface area (Å²) >= 11 is 0. The first-order valence-electron chi connectivity index (χ1n) is 5.82. The molecule has 1 N–H and O–H groups in total. The van der Waals surface area contributed by atoms with Crippen LogP contribution in [0.1, 0.15) is 36.5 Å². The first kappa shape index (κ1) is 12.9. The Labute approximate surface area is 97.3 Å². The first-order chi connectivity index (χ1) is 7.56. The molecule has 0 aromatic heterocycles. The number of rotatable bonds is 5. The van der Waals surface area contributed by atoms with Gasteiger partial charge in [-0.25, -0.2) is 0 Å². The summed E-state index contributed by atoms with van der Waals surface area (Å²) in [7, 11) is 0. The zero-order chi connectivity index (χ0) is 12.1. The van der Waals surface area contributed by atoms with Gasteiger partial charge in [-0.15, -0.1) is 0 Å². The van der Waals surface area contributed by atoms with Crippen molar-refractivity contribution in [3.63, 3.8) is 0 Å². The molecule has 0 spiro atoms. The average molecular weight is 220 g/mol. The van der Waals surface area contributed by atoms with E-state index in [-0.39, 0.29) is 5.78 Å². The Morgan fingerprint density at radius 3 is 2.38 bits per heavy atom. The first-order valence-corrected chi connectivity index (χ1v) is 5.82. The molecule has 1 aromatic rings.